The number of aromatic hydroxyl groups is 1. The molecule has 0 saturated heterocycles. The van der Waals surface area contributed by atoms with E-state index in [9.17, 15) is 15.0 Å². The number of phenols is 1. The fourth-order valence-electron chi connectivity index (χ4n) is 1.84. The summed E-state index contributed by atoms with van der Waals surface area (Å²) >= 11 is 0. The Morgan fingerprint density at radius 1 is 1.53 bits per heavy atom. The number of aliphatic hydroxyl groups excluding tert-OH is 1. The molecule has 1 fully saturated rings. The first kappa shape index (κ1) is 11.9. The van der Waals surface area contributed by atoms with E-state index in [-0.39, 0.29) is 11.7 Å². The van der Waals surface area contributed by atoms with E-state index >= 15 is 0 Å². The molecule has 3 N–H and O–H groups in total. The SMILES string of the molecule is Cc1cc(O)ccc1C(=O)NCC(O)C1CC1. The van der Waals surface area contributed by atoms with E-state index in [2.05, 4.69) is 5.32 Å². The van der Waals surface area contributed by atoms with Gasteiger partial charge in [0.15, 0.2) is 0 Å². The molecule has 0 heterocycles. The molecule has 4 nitrogen and oxygen atoms in total. The van der Waals surface area contributed by atoms with Crippen molar-refractivity contribution in [2.24, 2.45) is 5.92 Å². The number of carbonyl (C=O) groups excluding carboxylic acids is 1. The van der Waals surface area contributed by atoms with Crippen LogP contribution in [-0.2, 0) is 0 Å². The van der Waals surface area contributed by atoms with Crippen LogP contribution in [-0.4, -0.2) is 28.8 Å². The molecular weight excluding hydrogens is 218 g/mol. The zero-order valence-corrected chi connectivity index (χ0v) is 9.81. The van der Waals surface area contributed by atoms with E-state index in [0.29, 0.717) is 18.0 Å². The summed E-state index contributed by atoms with van der Waals surface area (Å²) in [6, 6.07) is 4.62. The molecule has 0 spiro atoms. The summed E-state index contributed by atoms with van der Waals surface area (Å²) in [5, 5.41) is 21.6. The number of carbonyl (C=O) groups is 1. The second kappa shape index (κ2) is 4.75. The highest BCUT2D eigenvalue weighted by Gasteiger charge is 2.29. The van der Waals surface area contributed by atoms with Crippen LogP contribution in [0.5, 0.6) is 5.75 Å². The fraction of sp³-hybridized carbons (Fsp3) is 0.462. The van der Waals surface area contributed by atoms with Gasteiger partial charge >= 0.3 is 0 Å². The highest BCUT2D eigenvalue weighted by atomic mass is 16.3. The highest BCUT2D eigenvalue weighted by Crippen LogP contribution is 2.32. The maximum absolute atomic E-state index is 11.8. The second-order valence-corrected chi connectivity index (χ2v) is 4.61. The van der Waals surface area contributed by atoms with Crippen molar-refractivity contribution in [3.63, 3.8) is 0 Å². The van der Waals surface area contributed by atoms with E-state index in [1.54, 1.807) is 19.1 Å². The van der Waals surface area contributed by atoms with Gasteiger partial charge in [-0.25, -0.2) is 0 Å². The summed E-state index contributed by atoms with van der Waals surface area (Å²) in [7, 11) is 0. The van der Waals surface area contributed by atoms with Gasteiger partial charge in [-0.3, -0.25) is 4.79 Å². The summed E-state index contributed by atoms with van der Waals surface area (Å²) in [5.74, 6) is 0.301. The number of phenolic OH excluding ortho intramolecular Hbond substituents is 1. The van der Waals surface area contributed by atoms with Crippen molar-refractivity contribution in [2.75, 3.05) is 6.54 Å². The summed E-state index contributed by atoms with van der Waals surface area (Å²) in [5.41, 5.74) is 1.26. The topological polar surface area (TPSA) is 69.6 Å². The van der Waals surface area contributed by atoms with Crippen molar-refractivity contribution in [3.05, 3.63) is 29.3 Å². The number of rotatable bonds is 4. The third-order valence-corrected chi connectivity index (χ3v) is 3.09. The Morgan fingerprint density at radius 3 is 2.82 bits per heavy atom. The van der Waals surface area contributed by atoms with Gasteiger partial charge in [0.25, 0.3) is 5.91 Å². The Bertz CT molecular complexity index is 427. The lowest BCUT2D eigenvalue weighted by molar-refractivity contribution is 0.0900. The van der Waals surface area contributed by atoms with Crippen LogP contribution in [0.1, 0.15) is 28.8 Å². The third kappa shape index (κ3) is 2.97. The zero-order chi connectivity index (χ0) is 12.4. The van der Waals surface area contributed by atoms with Gasteiger partial charge in [0.1, 0.15) is 5.75 Å². The smallest absolute Gasteiger partial charge is 0.251 e. The number of aryl methyl sites for hydroxylation is 1. The van der Waals surface area contributed by atoms with Crippen molar-refractivity contribution in [3.8, 4) is 5.75 Å². The largest absolute Gasteiger partial charge is 0.508 e. The molecule has 1 amide bonds. The van der Waals surface area contributed by atoms with Crippen LogP contribution in [0.4, 0.5) is 0 Å². The molecule has 0 aromatic heterocycles. The van der Waals surface area contributed by atoms with Crippen LogP contribution < -0.4 is 5.32 Å². The summed E-state index contributed by atoms with van der Waals surface area (Å²) < 4.78 is 0. The highest BCUT2D eigenvalue weighted by molar-refractivity contribution is 5.95. The minimum absolute atomic E-state index is 0.150. The lowest BCUT2D eigenvalue weighted by atomic mass is 10.1. The van der Waals surface area contributed by atoms with Crippen LogP contribution in [0.2, 0.25) is 0 Å². The molecule has 1 aromatic rings. The van der Waals surface area contributed by atoms with Gasteiger partial charge in [-0.15, -0.1) is 0 Å². The van der Waals surface area contributed by atoms with Crippen LogP contribution in [0.3, 0.4) is 0 Å². The number of hydrogen-bond donors (Lipinski definition) is 3. The molecule has 1 aromatic carbocycles. The maximum atomic E-state index is 11.8. The average molecular weight is 235 g/mol. The van der Waals surface area contributed by atoms with E-state index in [4.69, 9.17) is 0 Å². The molecule has 1 atom stereocenters. The monoisotopic (exact) mass is 235 g/mol. The standard InChI is InChI=1S/C13H17NO3/c1-8-6-10(15)4-5-11(8)13(17)14-7-12(16)9-2-3-9/h4-6,9,12,15-16H,2-3,7H2,1H3,(H,14,17). The van der Waals surface area contributed by atoms with Gasteiger partial charge in [0, 0.05) is 12.1 Å². The van der Waals surface area contributed by atoms with Gasteiger partial charge in [-0.2, -0.15) is 0 Å². The van der Waals surface area contributed by atoms with E-state index in [0.717, 1.165) is 18.4 Å². The average Bonchev–Trinajstić information content (AvgIpc) is 3.09. The molecule has 1 aliphatic carbocycles. The lowest BCUT2D eigenvalue weighted by Gasteiger charge is -2.11. The lowest BCUT2D eigenvalue weighted by Crippen LogP contribution is -2.33. The molecule has 4 heteroatoms. The predicted molar refractivity (Wildman–Crippen MR) is 63.9 cm³/mol. The summed E-state index contributed by atoms with van der Waals surface area (Å²) in [4.78, 5) is 11.8. The van der Waals surface area contributed by atoms with Crippen LogP contribution >= 0.6 is 0 Å². The first-order valence-corrected chi connectivity index (χ1v) is 5.84. The summed E-state index contributed by atoms with van der Waals surface area (Å²) in [6.07, 6.45) is 1.67. The number of amides is 1. The van der Waals surface area contributed by atoms with E-state index in [1.165, 1.54) is 6.07 Å². The molecule has 0 bridgehead atoms. The van der Waals surface area contributed by atoms with Crippen LogP contribution in [0, 0.1) is 12.8 Å². The molecule has 1 unspecified atom stereocenters. The van der Waals surface area contributed by atoms with Crippen molar-refractivity contribution in [1.29, 1.82) is 0 Å². The first-order valence-electron chi connectivity index (χ1n) is 5.84. The van der Waals surface area contributed by atoms with Crippen molar-refractivity contribution in [1.82, 2.24) is 5.32 Å². The van der Waals surface area contributed by atoms with Crippen LogP contribution in [0.25, 0.3) is 0 Å². The molecule has 1 aliphatic rings. The second-order valence-electron chi connectivity index (χ2n) is 4.61. The van der Waals surface area contributed by atoms with Crippen molar-refractivity contribution < 1.29 is 15.0 Å². The Hall–Kier alpha value is -1.55. The van der Waals surface area contributed by atoms with Gasteiger partial charge in [-0.05, 0) is 49.4 Å². The first-order chi connectivity index (χ1) is 8.08. The maximum Gasteiger partial charge on any atom is 0.251 e. The Labute approximate surface area is 100 Å². The Kier molecular flexibility index (Phi) is 3.33. The summed E-state index contributed by atoms with van der Waals surface area (Å²) in [6.45, 7) is 2.07. The minimum Gasteiger partial charge on any atom is -0.508 e. The normalized spacial score (nSPS) is 16.6. The number of benzene rings is 1. The van der Waals surface area contributed by atoms with E-state index in [1.807, 2.05) is 0 Å². The molecule has 2 rings (SSSR count). The molecular formula is C13H17NO3. The van der Waals surface area contributed by atoms with Gasteiger partial charge in [0.05, 0.1) is 6.10 Å². The van der Waals surface area contributed by atoms with Gasteiger partial charge in [-0.1, -0.05) is 0 Å². The van der Waals surface area contributed by atoms with Crippen molar-refractivity contribution >= 4 is 5.91 Å². The molecule has 0 aliphatic heterocycles. The Morgan fingerprint density at radius 2 is 2.24 bits per heavy atom. The number of nitrogens with one attached hydrogen (secondary N) is 1. The van der Waals surface area contributed by atoms with Gasteiger partial charge in [0.2, 0.25) is 0 Å². The third-order valence-electron chi connectivity index (χ3n) is 3.09. The molecule has 1 saturated carbocycles. The fourth-order valence-corrected chi connectivity index (χ4v) is 1.84. The van der Waals surface area contributed by atoms with Crippen molar-refractivity contribution in [2.45, 2.75) is 25.9 Å². The van der Waals surface area contributed by atoms with E-state index < -0.39 is 6.10 Å². The predicted octanol–water partition coefficient (Wildman–Crippen LogP) is 1.20. The zero-order valence-electron chi connectivity index (χ0n) is 9.81. The number of hydrogen-bond acceptors (Lipinski definition) is 3. The van der Waals surface area contributed by atoms with Crippen LogP contribution in [0.15, 0.2) is 18.2 Å². The molecule has 17 heavy (non-hydrogen) atoms. The number of aliphatic hydroxyl groups is 1. The quantitative estimate of drug-likeness (QED) is 0.734. The minimum atomic E-state index is -0.434. The molecule has 92 valence electrons. The molecule has 0 radical (unpaired) electrons. The Balaban J connectivity index is 1.94. The van der Waals surface area contributed by atoms with Gasteiger partial charge < -0.3 is 15.5 Å².